The quantitative estimate of drug-likeness (QED) is 0.643. The largest absolute Gasteiger partial charge is 0.366 e. The molecule has 2 heterocycles. The van der Waals surface area contributed by atoms with E-state index < -0.39 is 0 Å². The predicted octanol–water partition coefficient (Wildman–Crippen LogP) is 2.95. The Bertz CT molecular complexity index is 383. The molecule has 3 heteroatoms. The van der Waals surface area contributed by atoms with Gasteiger partial charge in [-0.1, -0.05) is 17.2 Å². The molecule has 0 amide bonds. The van der Waals surface area contributed by atoms with E-state index in [-0.39, 0.29) is 0 Å². The number of anilines is 1. The Hall–Kier alpha value is -1.02. The van der Waals surface area contributed by atoms with Gasteiger partial charge in [-0.3, -0.25) is 0 Å². The average molecular weight is 195 g/mol. The topological polar surface area (TPSA) is 24.9 Å². The Morgan fingerprint density at radius 2 is 2.15 bits per heavy atom. The highest BCUT2D eigenvalue weighted by Crippen LogP contribution is 2.29. The van der Waals surface area contributed by atoms with E-state index in [1.165, 1.54) is 11.1 Å². The lowest BCUT2D eigenvalue weighted by molar-refractivity contribution is 1.12. The van der Waals surface area contributed by atoms with Gasteiger partial charge in [0.2, 0.25) is 0 Å². The van der Waals surface area contributed by atoms with Crippen molar-refractivity contribution in [2.24, 2.45) is 0 Å². The summed E-state index contributed by atoms with van der Waals surface area (Å²) in [5.74, 6) is 0.899. The Labute approximate surface area is 82.6 Å². The smallest absolute Gasteiger partial charge is 0.135 e. The van der Waals surface area contributed by atoms with E-state index >= 15 is 0 Å². The van der Waals surface area contributed by atoms with E-state index in [4.69, 9.17) is 11.6 Å². The lowest BCUT2D eigenvalue weighted by atomic mass is 10.00. The maximum Gasteiger partial charge on any atom is 0.135 e. The molecular formula is C10H11ClN2. The van der Waals surface area contributed by atoms with Crippen LogP contribution in [0.15, 0.2) is 17.7 Å². The van der Waals surface area contributed by atoms with Crippen LogP contribution in [0.2, 0.25) is 5.15 Å². The molecule has 1 aliphatic rings. The van der Waals surface area contributed by atoms with Crippen molar-refractivity contribution in [3.63, 3.8) is 0 Å². The molecule has 1 aliphatic heterocycles. The Morgan fingerprint density at radius 1 is 1.38 bits per heavy atom. The van der Waals surface area contributed by atoms with Crippen LogP contribution >= 0.6 is 11.6 Å². The molecule has 0 saturated heterocycles. The van der Waals surface area contributed by atoms with Crippen LogP contribution in [0.5, 0.6) is 0 Å². The highest BCUT2D eigenvalue weighted by Gasteiger charge is 2.13. The van der Waals surface area contributed by atoms with Crippen molar-refractivity contribution in [3.05, 3.63) is 28.4 Å². The molecule has 0 radical (unpaired) electrons. The van der Waals surface area contributed by atoms with Crippen molar-refractivity contribution in [2.45, 2.75) is 13.8 Å². The molecule has 0 atom stereocenters. The Kier molecular flexibility index (Phi) is 2.00. The van der Waals surface area contributed by atoms with E-state index in [1.54, 1.807) is 0 Å². The van der Waals surface area contributed by atoms with Crippen LogP contribution in [0.4, 0.5) is 5.82 Å². The molecule has 68 valence electrons. The zero-order valence-electron chi connectivity index (χ0n) is 7.69. The number of allylic oxidation sites excluding steroid dienone is 1. The minimum Gasteiger partial charge on any atom is -0.366 e. The summed E-state index contributed by atoms with van der Waals surface area (Å²) in [4.78, 5) is 4.22. The third-order valence-electron chi connectivity index (χ3n) is 2.43. The van der Waals surface area contributed by atoms with Gasteiger partial charge in [-0.05, 0) is 31.6 Å². The molecule has 1 aromatic heterocycles. The zero-order chi connectivity index (χ0) is 9.42. The first-order chi connectivity index (χ1) is 6.18. The van der Waals surface area contributed by atoms with Crippen molar-refractivity contribution < 1.29 is 0 Å². The second-order valence-electron chi connectivity index (χ2n) is 3.29. The van der Waals surface area contributed by atoms with E-state index in [1.807, 2.05) is 12.1 Å². The van der Waals surface area contributed by atoms with Crippen LogP contribution in [-0.2, 0) is 0 Å². The third kappa shape index (κ3) is 1.42. The highest BCUT2D eigenvalue weighted by molar-refractivity contribution is 6.29. The van der Waals surface area contributed by atoms with Gasteiger partial charge in [-0.2, -0.15) is 0 Å². The first kappa shape index (κ1) is 8.57. The van der Waals surface area contributed by atoms with Crippen LogP contribution in [0.3, 0.4) is 0 Å². The molecule has 0 spiro atoms. The monoisotopic (exact) mass is 194 g/mol. The number of fused-ring (bicyclic) bond motifs is 1. The first-order valence-electron chi connectivity index (χ1n) is 4.25. The summed E-state index contributed by atoms with van der Waals surface area (Å²) in [5.41, 5.74) is 3.82. The number of nitrogens with zero attached hydrogens (tertiary/aromatic N) is 1. The fourth-order valence-corrected chi connectivity index (χ4v) is 1.60. The normalized spacial score (nSPS) is 15.3. The van der Waals surface area contributed by atoms with Gasteiger partial charge >= 0.3 is 0 Å². The van der Waals surface area contributed by atoms with Gasteiger partial charge in [-0.15, -0.1) is 0 Å². The lowest BCUT2D eigenvalue weighted by Gasteiger charge is -2.19. The van der Waals surface area contributed by atoms with Gasteiger partial charge in [0.15, 0.2) is 0 Å². The van der Waals surface area contributed by atoms with Gasteiger partial charge in [0.1, 0.15) is 11.0 Å². The maximum atomic E-state index is 5.79. The molecule has 0 saturated carbocycles. The molecule has 13 heavy (non-hydrogen) atoms. The molecule has 2 nitrogen and oxygen atoms in total. The average Bonchev–Trinajstić information content (AvgIpc) is 2.12. The summed E-state index contributed by atoms with van der Waals surface area (Å²) in [6, 6.07) is 3.83. The van der Waals surface area contributed by atoms with Gasteiger partial charge in [-0.25, -0.2) is 4.98 Å². The minimum atomic E-state index is 0.540. The molecule has 2 rings (SSSR count). The lowest BCUT2D eigenvalue weighted by Crippen LogP contribution is -2.12. The standard InChI is InChI=1S/C10H11ClN2/c1-6-5-12-10-8(7(6)2)3-4-9(11)13-10/h3-4H,5H2,1-2H3,(H,12,13). The highest BCUT2D eigenvalue weighted by atomic mass is 35.5. The second kappa shape index (κ2) is 3.04. The summed E-state index contributed by atoms with van der Waals surface area (Å²) in [5, 5.41) is 3.77. The van der Waals surface area contributed by atoms with Crippen molar-refractivity contribution in [2.75, 3.05) is 11.9 Å². The molecule has 0 bridgehead atoms. The fraction of sp³-hybridized carbons (Fsp3) is 0.300. The molecule has 1 N–H and O–H groups in total. The Balaban J connectivity index is 2.58. The number of hydrogen-bond acceptors (Lipinski definition) is 2. The fourth-order valence-electron chi connectivity index (χ4n) is 1.45. The second-order valence-corrected chi connectivity index (χ2v) is 3.68. The van der Waals surface area contributed by atoms with Gasteiger partial charge in [0.05, 0.1) is 0 Å². The van der Waals surface area contributed by atoms with E-state index in [2.05, 4.69) is 24.1 Å². The minimum absolute atomic E-state index is 0.540. The SMILES string of the molecule is CC1=C(C)c2ccc(Cl)nc2NC1. The van der Waals surface area contributed by atoms with Crippen LogP contribution < -0.4 is 5.32 Å². The number of aromatic nitrogens is 1. The van der Waals surface area contributed by atoms with Crippen LogP contribution in [0.25, 0.3) is 5.57 Å². The van der Waals surface area contributed by atoms with Gasteiger partial charge < -0.3 is 5.32 Å². The van der Waals surface area contributed by atoms with Crippen molar-refractivity contribution in [1.82, 2.24) is 4.98 Å². The summed E-state index contributed by atoms with van der Waals surface area (Å²) < 4.78 is 0. The van der Waals surface area contributed by atoms with Crippen LogP contribution in [0, 0.1) is 0 Å². The summed E-state index contributed by atoms with van der Waals surface area (Å²) in [7, 11) is 0. The van der Waals surface area contributed by atoms with Gasteiger partial charge in [0, 0.05) is 12.1 Å². The molecule has 1 aromatic rings. The van der Waals surface area contributed by atoms with Gasteiger partial charge in [0.25, 0.3) is 0 Å². The molecular weight excluding hydrogens is 184 g/mol. The van der Waals surface area contributed by atoms with E-state index in [9.17, 15) is 0 Å². The maximum absolute atomic E-state index is 5.79. The number of hydrogen-bond donors (Lipinski definition) is 1. The Morgan fingerprint density at radius 3 is 2.92 bits per heavy atom. The number of rotatable bonds is 0. The molecule has 0 unspecified atom stereocenters. The predicted molar refractivity (Wildman–Crippen MR) is 56.0 cm³/mol. The number of nitrogens with one attached hydrogen (secondary N) is 1. The zero-order valence-corrected chi connectivity index (χ0v) is 8.44. The summed E-state index contributed by atoms with van der Waals surface area (Å²) in [6.07, 6.45) is 0. The van der Waals surface area contributed by atoms with Crippen LogP contribution in [0.1, 0.15) is 19.4 Å². The molecule has 0 aliphatic carbocycles. The van der Waals surface area contributed by atoms with Crippen molar-refractivity contribution in [1.29, 1.82) is 0 Å². The summed E-state index contributed by atoms with van der Waals surface area (Å²) in [6.45, 7) is 5.11. The number of pyridine rings is 1. The van der Waals surface area contributed by atoms with Crippen LogP contribution in [-0.4, -0.2) is 11.5 Å². The number of halogens is 1. The molecule has 0 fully saturated rings. The first-order valence-corrected chi connectivity index (χ1v) is 4.63. The van der Waals surface area contributed by atoms with E-state index in [0.717, 1.165) is 17.9 Å². The molecule has 0 aromatic carbocycles. The summed E-state index contributed by atoms with van der Waals surface area (Å²) >= 11 is 5.79. The third-order valence-corrected chi connectivity index (χ3v) is 2.64. The van der Waals surface area contributed by atoms with Crippen molar-refractivity contribution >= 4 is 23.0 Å². The van der Waals surface area contributed by atoms with Crippen molar-refractivity contribution in [3.8, 4) is 0 Å². The van der Waals surface area contributed by atoms with E-state index in [0.29, 0.717) is 5.15 Å².